The van der Waals surface area contributed by atoms with Gasteiger partial charge in [-0.1, -0.05) is 35.3 Å². The second kappa shape index (κ2) is 5.55. The maximum Gasteiger partial charge on any atom is 0.309 e. The monoisotopic (exact) mass is 299 g/mol. The van der Waals surface area contributed by atoms with E-state index in [-0.39, 0.29) is 17.1 Å². The summed E-state index contributed by atoms with van der Waals surface area (Å²) < 4.78 is 13.3. The van der Waals surface area contributed by atoms with Crippen LogP contribution in [0.4, 0.5) is 4.39 Å². The van der Waals surface area contributed by atoms with Gasteiger partial charge in [0.15, 0.2) is 0 Å². The number of hydrogen-bond donors (Lipinski definition) is 1. The molecule has 98 valence electrons. The lowest BCUT2D eigenvalue weighted by molar-refractivity contribution is -0.136. The Morgan fingerprint density at radius 2 is 2.05 bits per heavy atom. The number of aromatic nitrogens is 1. The third-order valence-corrected chi connectivity index (χ3v) is 3.32. The van der Waals surface area contributed by atoms with E-state index in [9.17, 15) is 9.18 Å². The van der Waals surface area contributed by atoms with E-state index < -0.39 is 11.8 Å². The van der Waals surface area contributed by atoms with Gasteiger partial charge in [-0.15, -0.1) is 0 Å². The second-order valence-corrected chi connectivity index (χ2v) is 4.60. The molecule has 19 heavy (non-hydrogen) atoms. The van der Waals surface area contributed by atoms with Gasteiger partial charge in [-0.25, -0.2) is 4.39 Å². The van der Waals surface area contributed by atoms with Gasteiger partial charge in [-0.3, -0.25) is 9.78 Å². The lowest BCUT2D eigenvalue weighted by Gasteiger charge is -2.10. The summed E-state index contributed by atoms with van der Waals surface area (Å²) >= 11 is 12.0. The Kier molecular flexibility index (Phi) is 4.02. The first-order valence-electron chi connectivity index (χ1n) is 5.29. The standard InChI is InChI=1S/C13H8Cl2FNO2/c14-10-3-1-2-8(13(10)15)9-4-7(16)6-17-11(9)5-12(18)19/h1-4,6H,5H2,(H,18,19). The van der Waals surface area contributed by atoms with Gasteiger partial charge in [-0.05, 0) is 12.1 Å². The number of benzene rings is 1. The summed E-state index contributed by atoms with van der Waals surface area (Å²) in [6.45, 7) is 0. The fourth-order valence-electron chi connectivity index (χ4n) is 1.70. The zero-order valence-corrected chi connectivity index (χ0v) is 11.0. The van der Waals surface area contributed by atoms with Crippen LogP contribution in [0.1, 0.15) is 5.69 Å². The van der Waals surface area contributed by atoms with E-state index in [1.807, 2.05) is 0 Å². The van der Waals surface area contributed by atoms with Gasteiger partial charge < -0.3 is 5.11 Å². The van der Waals surface area contributed by atoms with Gasteiger partial charge in [0.2, 0.25) is 0 Å². The maximum atomic E-state index is 13.3. The van der Waals surface area contributed by atoms with Crippen molar-refractivity contribution in [1.82, 2.24) is 4.98 Å². The van der Waals surface area contributed by atoms with Gasteiger partial charge >= 0.3 is 5.97 Å². The van der Waals surface area contributed by atoms with Crippen LogP contribution in [-0.2, 0) is 11.2 Å². The molecule has 0 aliphatic rings. The van der Waals surface area contributed by atoms with Crippen molar-refractivity contribution in [3.05, 3.63) is 52.0 Å². The van der Waals surface area contributed by atoms with E-state index >= 15 is 0 Å². The minimum absolute atomic E-state index is 0.234. The maximum absolute atomic E-state index is 13.3. The third kappa shape index (κ3) is 3.03. The Balaban J connectivity index is 2.62. The van der Waals surface area contributed by atoms with Crippen LogP contribution in [-0.4, -0.2) is 16.1 Å². The molecule has 0 amide bonds. The smallest absolute Gasteiger partial charge is 0.309 e. The number of nitrogens with zero attached hydrogens (tertiary/aromatic N) is 1. The molecule has 0 aliphatic heterocycles. The number of aliphatic carboxylic acids is 1. The summed E-state index contributed by atoms with van der Waals surface area (Å²) in [5.41, 5.74) is 1.02. The van der Waals surface area contributed by atoms with Gasteiger partial charge in [0.05, 0.1) is 28.4 Å². The minimum Gasteiger partial charge on any atom is -0.481 e. The predicted molar refractivity (Wildman–Crippen MR) is 71.0 cm³/mol. The van der Waals surface area contributed by atoms with Gasteiger partial charge in [0, 0.05) is 11.1 Å². The van der Waals surface area contributed by atoms with Crippen molar-refractivity contribution in [3.8, 4) is 11.1 Å². The van der Waals surface area contributed by atoms with Gasteiger partial charge in [0.25, 0.3) is 0 Å². The Morgan fingerprint density at radius 1 is 1.32 bits per heavy atom. The van der Waals surface area contributed by atoms with Crippen molar-refractivity contribution >= 4 is 29.2 Å². The molecular formula is C13H8Cl2FNO2. The molecule has 1 N–H and O–H groups in total. The lowest BCUT2D eigenvalue weighted by Crippen LogP contribution is -2.05. The average Bonchev–Trinajstić information content (AvgIpc) is 2.35. The van der Waals surface area contributed by atoms with E-state index in [0.717, 1.165) is 6.20 Å². The Morgan fingerprint density at radius 3 is 2.74 bits per heavy atom. The first-order valence-corrected chi connectivity index (χ1v) is 6.05. The van der Waals surface area contributed by atoms with Crippen LogP contribution in [0.3, 0.4) is 0 Å². The van der Waals surface area contributed by atoms with Crippen molar-refractivity contribution in [3.63, 3.8) is 0 Å². The summed E-state index contributed by atoms with van der Waals surface area (Å²) in [7, 11) is 0. The van der Waals surface area contributed by atoms with Crippen LogP contribution in [0.25, 0.3) is 11.1 Å². The van der Waals surface area contributed by atoms with Crippen LogP contribution < -0.4 is 0 Å². The minimum atomic E-state index is -1.06. The van der Waals surface area contributed by atoms with E-state index in [1.54, 1.807) is 18.2 Å². The van der Waals surface area contributed by atoms with E-state index in [2.05, 4.69) is 4.98 Å². The highest BCUT2D eigenvalue weighted by Gasteiger charge is 2.15. The first kappa shape index (κ1) is 13.8. The molecule has 0 spiro atoms. The summed E-state index contributed by atoms with van der Waals surface area (Å²) in [5, 5.41) is 9.39. The molecule has 0 bridgehead atoms. The fourth-order valence-corrected chi connectivity index (χ4v) is 2.10. The number of hydrogen-bond acceptors (Lipinski definition) is 2. The molecule has 2 rings (SSSR count). The van der Waals surface area contributed by atoms with Crippen LogP contribution in [0.15, 0.2) is 30.5 Å². The average molecular weight is 300 g/mol. The third-order valence-electron chi connectivity index (χ3n) is 2.50. The van der Waals surface area contributed by atoms with Crippen molar-refractivity contribution in [2.24, 2.45) is 0 Å². The van der Waals surface area contributed by atoms with Crippen LogP contribution in [0.2, 0.25) is 10.0 Å². The van der Waals surface area contributed by atoms with E-state index in [4.69, 9.17) is 28.3 Å². The molecular weight excluding hydrogens is 292 g/mol. The molecule has 0 radical (unpaired) electrons. The zero-order chi connectivity index (χ0) is 14.0. The largest absolute Gasteiger partial charge is 0.481 e. The molecule has 0 atom stereocenters. The van der Waals surface area contributed by atoms with Crippen LogP contribution >= 0.6 is 23.2 Å². The topological polar surface area (TPSA) is 50.2 Å². The van der Waals surface area contributed by atoms with Crippen LogP contribution in [0, 0.1) is 5.82 Å². The van der Waals surface area contributed by atoms with Gasteiger partial charge in [0.1, 0.15) is 5.82 Å². The molecule has 2 aromatic rings. The Labute approximate surface area is 118 Å². The molecule has 0 saturated heterocycles. The fraction of sp³-hybridized carbons (Fsp3) is 0.0769. The number of halogens is 3. The quantitative estimate of drug-likeness (QED) is 0.937. The summed E-state index contributed by atoms with van der Waals surface area (Å²) in [6, 6.07) is 6.08. The normalized spacial score (nSPS) is 10.5. The van der Waals surface area contributed by atoms with E-state index in [0.29, 0.717) is 16.1 Å². The molecule has 1 aromatic heterocycles. The van der Waals surface area contributed by atoms with Crippen molar-refractivity contribution < 1.29 is 14.3 Å². The molecule has 6 heteroatoms. The number of carboxylic acid groups (broad SMARTS) is 1. The van der Waals surface area contributed by atoms with Crippen LogP contribution in [0.5, 0.6) is 0 Å². The van der Waals surface area contributed by atoms with Crippen molar-refractivity contribution in [1.29, 1.82) is 0 Å². The Hall–Kier alpha value is -1.65. The molecule has 0 aliphatic carbocycles. The number of rotatable bonds is 3. The second-order valence-electron chi connectivity index (χ2n) is 3.82. The van der Waals surface area contributed by atoms with Crippen molar-refractivity contribution in [2.45, 2.75) is 6.42 Å². The van der Waals surface area contributed by atoms with E-state index in [1.165, 1.54) is 6.07 Å². The Bertz CT molecular complexity index is 647. The summed E-state index contributed by atoms with van der Waals surface area (Å²) in [6.07, 6.45) is 0.651. The predicted octanol–water partition coefficient (Wildman–Crippen LogP) is 3.82. The highest BCUT2D eigenvalue weighted by Crippen LogP contribution is 2.35. The molecule has 3 nitrogen and oxygen atoms in total. The number of pyridine rings is 1. The zero-order valence-electron chi connectivity index (χ0n) is 9.53. The SMILES string of the molecule is O=C(O)Cc1ncc(F)cc1-c1cccc(Cl)c1Cl. The molecule has 0 fully saturated rings. The molecule has 1 heterocycles. The highest BCUT2D eigenvalue weighted by atomic mass is 35.5. The number of carbonyl (C=O) groups is 1. The molecule has 0 unspecified atom stereocenters. The summed E-state index contributed by atoms with van der Waals surface area (Å²) in [4.78, 5) is 14.6. The van der Waals surface area contributed by atoms with Crippen molar-refractivity contribution in [2.75, 3.05) is 0 Å². The lowest BCUT2D eigenvalue weighted by atomic mass is 10.0. The summed E-state index contributed by atoms with van der Waals surface area (Å²) in [5.74, 6) is -1.63. The highest BCUT2D eigenvalue weighted by molar-refractivity contribution is 6.43. The van der Waals surface area contributed by atoms with Gasteiger partial charge in [-0.2, -0.15) is 0 Å². The molecule has 0 saturated carbocycles. The first-order chi connectivity index (χ1) is 8.99. The molecule has 1 aromatic carbocycles. The number of carboxylic acids is 1.